The molecular formula is C23H23NO4. The Morgan fingerprint density at radius 2 is 1.18 bits per heavy atom. The van der Waals surface area contributed by atoms with Gasteiger partial charge in [-0.2, -0.15) is 0 Å². The number of phenolic OH excluding ortho intramolecular Hbond substituents is 2. The second-order valence-corrected chi connectivity index (χ2v) is 7.29. The van der Waals surface area contributed by atoms with Gasteiger partial charge in [0, 0.05) is 18.1 Å². The molecule has 0 aliphatic carbocycles. The minimum atomic E-state index is -0.402. The van der Waals surface area contributed by atoms with Crippen molar-refractivity contribution in [3.63, 3.8) is 0 Å². The minimum absolute atomic E-state index is 0.0296. The summed E-state index contributed by atoms with van der Waals surface area (Å²) >= 11 is 0. The third-order valence-corrected chi connectivity index (χ3v) is 5.11. The van der Waals surface area contributed by atoms with Crippen LogP contribution < -0.4 is 0 Å². The van der Waals surface area contributed by atoms with E-state index < -0.39 is 4.92 Å². The van der Waals surface area contributed by atoms with Crippen molar-refractivity contribution in [2.75, 3.05) is 0 Å². The first-order chi connectivity index (χ1) is 13.2. The highest BCUT2D eigenvalue weighted by Gasteiger charge is 2.22. The van der Waals surface area contributed by atoms with E-state index in [-0.39, 0.29) is 23.1 Å². The lowest BCUT2D eigenvalue weighted by atomic mass is 9.82. The molecule has 28 heavy (non-hydrogen) atoms. The predicted molar refractivity (Wildman–Crippen MR) is 109 cm³/mol. The van der Waals surface area contributed by atoms with Gasteiger partial charge in [0.05, 0.1) is 4.92 Å². The Bertz CT molecular complexity index is 968. The Hall–Kier alpha value is -3.34. The van der Waals surface area contributed by atoms with Gasteiger partial charge in [0.2, 0.25) is 0 Å². The molecule has 0 atom stereocenters. The number of nitro groups is 1. The first-order valence-electron chi connectivity index (χ1n) is 9.03. The standard InChI is InChI=1S/C23H23NO4/c1-13-8-18(9-14(2)22(13)25)21(17-6-5-7-20(12-17)24(27)28)19-10-15(3)23(26)16(4)11-19/h5-12,21,25-26H,1-4H3. The molecule has 0 unspecified atom stereocenters. The zero-order chi connectivity index (χ0) is 20.6. The second-order valence-electron chi connectivity index (χ2n) is 7.29. The van der Waals surface area contributed by atoms with Crippen molar-refractivity contribution in [2.24, 2.45) is 0 Å². The summed E-state index contributed by atoms with van der Waals surface area (Å²) < 4.78 is 0. The fourth-order valence-corrected chi connectivity index (χ4v) is 3.71. The Morgan fingerprint density at radius 3 is 1.57 bits per heavy atom. The number of hydrogen-bond donors (Lipinski definition) is 2. The Labute approximate surface area is 164 Å². The number of benzene rings is 3. The van der Waals surface area contributed by atoms with E-state index in [2.05, 4.69) is 0 Å². The number of nitro benzene ring substituents is 1. The number of phenols is 2. The van der Waals surface area contributed by atoms with Crippen LogP contribution in [-0.2, 0) is 0 Å². The van der Waals surface area contributed by atoms with E-state index in [1.165, 1.54) is 6.07 Å². The molecule has 0 aliphatic heterocycles. The zero-order valence-electron chi connectivity index (χ0n) is 16.4. The third-order valence-electron chi connectivity index (χ3n) is 5.11. The van der Waals surface area contributed by atoms with Gasteiger partial charge >= 0.3 is 0 Å². The predicted octanol–water partition coefficient (Wildman–Crippen LogP) is 5.42. The van der Waals surface area contributed by atoms with Crippen LogP contribution in [0.25, 0.3) is 0 Å². The van der Waals surface area contributed by atoms with Gasteiger partial charge in [0.1, 0.15) is 11.5 Å². The van der Waals surface area contributed by atoms with Crippen molar-refractivity contribution in [3.8, 4) is 11.5 Å². The monoisotopic (exact) mass is 377 g/mol. The third kappa shape index (κ3) is 3.56. The number of hydrogen-bond acceptors (Lipinski definition) is 4. The van der Waals surface area contributed by atoms with Crippen LogP contribution in [0.15, 0.2) is 48.5 Å². The molecule has 0 radical (unpaired) electrons. The molecule has 2 N–H and O–H groups in total. The lowest BCUT2D eigenvalue weighted by molar-refractivity contribution is -0.384. The van der Waals surface area contributed by atoms with Crippen LogP contribution in [0.3, 0.4) is 0 Å². The maximum absolute atomic E-state index is 11.3. The molecule has 5 nitrogen and oxygen atoms in total. The smallest absolute Gasteiger partial charge is 0.269 e. The summed E-state index contributed by atoms with van der Waals surface area (Å²) in [4.78, 5) is 10.9. The van der Waals surface area contributed by atoms with E-state index in [4.69, 9.17) is 0 Å². The maximum atomic E-state index is 11.3. The van der Waals surface area contributed by atoms with Crippen LogP contribution in [0.2, 0.25) is 0 Å². The minimum Gasteiger partial charge on any atom is -0.507 e. The van der Waals surface area contributed by atoms with Gasteiger partial charge in [-0.25, -0.2) is 0 Å². The molecule has 3 aromatic carbocycles. The molecule has 3 aromatic rings. The van der Waals surface area contributed by atoms with Crippen LogP contribution in [-0.4, -0.2) is 15.1 Å². The van der Waals surface area contributed by atoms with Crippen LogP contribution in [0.5, 0.6) is 11.5 Å². The van der Waals surface area contributed by atoms with Crippen LogP contribution in [0.1, 0.15) is 44.9 Å². The normalized spacial score (nSPS) is 11.0. The van der Waals surface area contributed by atoms with E-state index in [1.54, 1.807) is 12.1 Å². The van der Waals surface area contributed by atoms with Crippen molar-refractivity contribution in [1.29, 1.82) is 0 Å². The Kier molecular flexibility index (Phi) is 5.10. The van der Waals surface area contributed by atoms with E-state index >= 15 is 0 Å². The molecule has 0 bridgehead atoms. The summed E-state index contributed by atoms with van der Waals surface area (Å²) in [6.45, 7) is 7.35. The van der Waals surface area contributed by atoms with Crippen LogP contribution in [0.4, 0.5) is 5.69 Å². The second kappa shape index (κ2) is 7.35. The molecule has 0 saturated heterocycles. The molecule has 0 fully saturated rings. The molecule has 0 amide bonds. The summed E-state index contributed by atoms with van der Waals surface area (Å²) in [7, 11) is 0. The zero-order valence-corrected chi connectivity index (χ0v) is 16.4. The van der Waals surface area contributed by atoms with Gasteiger partial charge in [0.25, 0.3) is 5.69 Å². The van der Waals surface area contributed by atoms with Crippen molar-refractivity contribution in [3.05, 3.63) is 97.6 Å². The Balaban J connectivity index is 2.29. The lowest BCUT2D eigenvalue weighted by Crippen LogP contribution is -2.06. The highest BCUT2D eigenvalue weighted by Crippen LogP contribution is 2.38. The molecular weight excluding hydrogens is 354 g/mol. The summed E-state index contributed by atoms with van der Waals surface area (Å²) in [5.41, 5.74) is 5.66. The molecule has 0 aromatic heterocycles. The summed E-state index contributed by atoms with van der Waals surface area (Å²) in [5, 5.41) is 31.6. The van der Waals surface area contributed by atoms with Crippen molar-refractivity contribution < 1.29 is 15.1 Å². The maximum Gasteiger partial charge on any atom is 0.269 e. The molecule has 0 saturated carbocycles. The average molecular weight is 377 g/mol. The van der Waals surface area contributed by atoms with E-state index in [9.17, 15) is 20.3 Å². The fourth-order valence-electron chi connectivity index (χ4n) is 3.71. The molecule has 0 heterocycles. The van der Waals surface area contributed by atoms with Gasteiger partial charge in [-0.15, -0.1) is 0 Å². The largest absolute Gasteiger partial charge is 0.507 e. The van der Waals surface area contributed by atoms with Gasteiger partial charge in [-0.3, -0.25) is 10.1 Å². The molecule has 3 rings (SSSR count). The van der Waals surface area contributed by atoms with Crippen molar-refractivity contribution in [2.45, 2.75) is 33.6 Å². The number of aromatic hydroxyl groups is 2. The molecule has 0 aliphatic rings. The van der Waals surface area contributed by atoms with Crippen LogP contribution in [0, 0.1) is 37.8 Å². The summed E-state index contributed by atoms with van der Waals surface area (Å²) in [6.07, 6.45) is 0. The van der Waals surface area contributed by atoms with Crippen molar-refractivity contribution in [1.82, 2.24) is 0 Å². The topological polar surface area (TPSA) is 83.6 Å². The van der Waals surface area contributed by atoms with Gasteiger partial charge in [-0.05, 0) is 66.6 Å². The van der Waals surface area contributed by atoms with Crippen molar-refractivity contribution >= 4 is 5.69 Å². The highest BCUT2D eigenvalue weighted by atomic mass is 16.6. The first-order valence-corrected chi connectivity index (χ1v) is 9.03. The molecule has 144 valence electrons. The number of aryl methyl sites for hydroxylation is 4. The molecule has 0 spiro atoms. The SMILES string of the molecule is Cc1cc(C(c2cccc([N+](=O)[O-])c2)c2cc(C)c(O)c(C)c2)cc(C)c1O. The van der Waals surface area contributed by atoms with Gasteiger partial charge in [-0.1, -0.05) is 36.4 Å². The van der Waals surface area contributed by atoms with Gasteiger partial charge < -0.3 is 10.2 Å². The number of non-ortho nitro benzene ring substituents is 1. The number of rotatable bonds is 4. The highest BCUT2D eigenvalue weighted by molar-refractivity contribution is 5.54. The molecule has 5 heteroatoms. The number of nitrogens with zero attached hydrogens (tertiary/aromatic N) is 1. The quantitative estimate of drug-likeness (QED) is 0.361. The lowest BCUT2D eigenvalue weighted by Gasteiger charge is -2.22. The van der Waals surface area contributed by atoms with E-state index in [1.807, 2.05) is 58.0 Å². The van der Waals surface area contributed by atoms with E-state index in [0.717, 1.165) is 38.9 Å². The van der Waals surface area contributed by atoms with E-state index in [0.29, 0.717) is 0 Å². The summed E-state index contributed by atoms with van der Waals surface area (Å²) in [5.74, 6) is 0.232. The van der Waals surface area contributed by atoms with Crippen LogP contribution >= 0.6 is 0 Å². The fraction of sp³-hybridized carbons (Fsp3) is 0.217. The average Bonchev–Trinajstić information content (AvgIpc) is 2.64. The summed E-state index contributed by atoms with van der Waals surface area (Å²) in [6, 6.07) is 14.2. The Morgan fingerprint density at radius 1 is 0.750 bits per heavy atom. The van der Waals surface area contributed by atoms with Gasteiger partial charge in [0.15, 0.2) is 0 Å². The first kappa shape index (κ1) is 19.4.